The van der Waals surface area contributed by atoms with E-state index in [1.807, 2.05) is 12.2 Å². The largest absolute Gasteiger partial charge is 0.330 e. The normalized spacial score (nSPS) is 20.5. The summed E-state index contributed by atoms with van der Waals surface area (Å²) in [7, 11) is 0. The van der Waals surface area contributed by atoms with Gasteiger partial charge >= 0.3 is 6.03 Å². The summed E-state index contributed by atoms with van der Waals surface area (Å²) in [6.45, 7) is 2.11. The Morgan fingerprint density at radius 3 is 2.47 bits per heavy atom. The molecule has 0 bridgehead atoms. The molecular formula is C8H10Cl2N2O3. The van der Waals surface area contributed by atoms with Gasteiger partial charge in [0, 0.05) is 6.54 Å². The van der Waals surface area contributed by atoms with Crippen LogP contribution in [0.2, 0.25) is 0 Å². The number of rotatable bonds is 3. The van der Waals surface area contributed by atoms with Gasteiger partial charge in [-0.25, -0.2) is 4.79 Å². The quantitative estimate of drug-likeness (QED) is 0.603. The maximum Gasteiger partial charge on any atom is 0.330 e. The molecule has 0 aromatic carbocycles. The van der Waals surface area contributed by atoms with Crippen LogP contribution in [0.1, 0.15) is 19.8 Å². The molecule has 0 unspecified atom stereocenters. The molecule has 1 fully saturated rings. The van der Waals surface area contributed by atoms with Crippen LogP contribution < -0.4 is 5.32 Å². The van der Waals surface area contributed by atoms with Crippen LogP contribution in [0.25, 0.3) is 0 Å². The fraction of sp³-hybridized carbons (Fsp3) is 0.625. The zero-order valence-electron chi connectivity index (χ0n) is 8.05. The van der Waals surface area contributed by atoms with Crippen LogP contribution in [-0.2, 0) is 9.59 Å². The van der Waals surface area contributed by atoms with Crippen molar-refractivity contribution in [1.29, 1.82) is 0 Å². The predicted molar refractivity (Wildman–Crippen MR) is 54.6 cm³/mol. The molecule has 5 nitrogen and oxygen atoms in total. The predicted octanol–water partition coefficient (Wildman–Crippen LogP) is 1.04. The Balaban J connectivity index is 2.84. The van der Waals surface area contributed by atoms with E-state index in [2.05, 4.69) is 0 Å². The number of carbonyl (C=O) groups is 3. The summed E-state index contributed by atoms with van der Waals surface area (Å²) >= 11 is 11.0. The molecule has 0 saturated carbocycles. The number of hydrogen-bond donors (Lipinski definition) is 1. The lowest BCUT2D eigenvalue weighted by Crippen LogP contribution is -2.63. The molecule has 0 radical (unpaired) electrons. The van der Waals surface area contributed by atoms with E-state index in [1.165, 1.54) is 0 Å². The first-order chi connectivity index (χ1) is 6.91. The highest BCUT2D eigenvalue weighted by molar-refractivity contribution is 6.69. The summed E-state index contributed by atoms with van der Waals surface area (Å²) in [6, 6.07) is -0.768. The molecule has 0 spiro atoms. The highest BCUT2D eigenvalue weighted by Gasteiger charge is 2.51. The standard InChI is InChI=1S/C8H10Cl2N2O3/c1-2-3-4-12-6(14)8(9,10)5(13)11-7(12)15/h2-4H2,1H3,(H,11,13,15). The second kappa shape index (κ2) is 4.37. The van der Waals surface area contributed by atoms with Crippen molar-refractivity contribution in [3.8, 4) is 0 Å². The van der Waals surface area contributed by atoms with Gasteiger partial charge in [0.15, 0.2) is 0 Å². The van der Waals surface area contributed by atoms with Gasteiger partial charge in [0.1, 0.15) is 0 Å². The number of alkyl halides is 2. The molecule has 0 aliphatic carbocycles. The Morgan fingerprint density at radius 1 is 1.33 bits per heavy atom. The van der Waals surface area contributed by atoms with E-state index < -0.39 is 22.2 Å². The maximum atomic E-state index is 11.6. The number of hydrogen-bond acceptors (Lipinski definition) is 3. The SMILES string of the molecule is CCCCN1C(=O)NC(=O)C(Cl)(Cl)C1=O. The molecule has 1 heterocycles. The molecule has 0 aromatic heterocycles. The fourth-order valence-electron chi connectivity index (χ4n) is 1.12. The lowest BCUT2D eigenvalue weighted by molar-refractivity contribution is -0.137. The number of barbiturate groups is 1. The molecule has 84 valence electrons. The van der Waals surface area contributed by atoms with Crippen molar-refractivity contribution in [2.24, 2.45) is 0 Å². The summed E-state index contributed by atoms with van der Waals surface area (Å²) in [5.74, 6) is -1.87. The van der Waals surface area contributed by atoms with E-state index in [1.54, 1.807) is 0 Å². The van der Waals surface area contributed by atoms with Crippen LogP contribution in [0.5, 0.6) is 0 Å². The summed E-state index contributed by atoms with van der Waals surface area (Å²) in [4.78, 5) is 34.8. The topological polar surface area (TPSA) is 66.5 Å². The third-order valence-corrected chi connectivity index (χ3v) is 2.67. The Kier molecular flexibility index (Phi) is 3.57. The average Bonchev–Trinajstić information content (AvgIpc) is 2.16. The number of carbonyl (C=O) groups excluding carboxylic acids is 3. The molecule has 7 heteroatoms. The number of nitrogens with one attached hydrogen (secondary N) is 1. The van der Waals surface area contributed by atoms with E-state index in [-0.39, 0.29) is 6.54 Å². The lowest BCUT2D eigenvalue weighted by Gasteiger charge is -2.31. The van der Waals surface area contributed by atoms with Crippen molar-refractivity contribution >= 4 is 41.0 Å². The number of halogens is 2. The van der Waals surface area contributed by atoms with Crippen molar-refractivity contribution in [1.82, 2.24) is 10.2 Å². The van der Waals surface area contributed by atoms with Crippen molar-refractivity contribution in [3.05, 3.63) is 0 Å². The first-order valence-electron chi connectivity index (χ1n) is 4.46. The number of unbranched alkanes of at least 4 members (excludes halogenated alkanes) is 1. The van der Waals surface area contributed by atoms with Gasteiger partial charge in [-0.15, -0.1) is 0 Å². The first kappa shape index (κ1) is 12.3. The first-order valence-corrected chi connectivity index (χ1v) is 5.22. The van der Waals surface area contributed by atoms with Gasteiger partial charge < -0.3 is 0 Å². The van der Waals surface area contributed by atoms with Gasteiger partial charge in [-0.2, -0.15) is 0 Å². The molecule has 4 amide bonds. The second-order valence-electron chi connectivity index (χ2n) is 3.14. The Labute approximate surface area is 96.7 Å². The summed E-state index contributed by atoms with van der Waals surface area (Å²) in [6.07, 6.45) is 1.44. The maximum absolute atomic E-state index is 11.6. The Morgan fingerprint density at radius 2 is 1.93 bits per heavy atom. The molecular weight excluding hydrogens is 243 g/mol. The summed E-state index contributed by atoms with van der Waals surface area (Å²) in [5.41, 5.74) is 0. The highest BCUT2D eigenvalue weighted by atomic mass is 35.5. The van der Waals surface area contributed by atoms with E-state index in [4.69, 9.17) is 23.2 Å². The van der Waals surface area contributed by atoms with Gasteiger partial charge in [-0.3, -0.25) is 19.8 Å². The molecule has 1 aliphatic heterocycles. The fourth-order valence-corrected chi connectivity index (χ4v) is 1.42. The molecule has 0 aromatic rings. The molecule has 1 rings (SSSR count). The molecule has 1 N–H and O–H groups in total. The Hall–Kier alpha value is -0.810. The van der Waals surface area contributed by atoms with Crippen molar-refractivity contribution in [3.63, 3.8) is 0 Å². The van der Waals surface area contributed by atoms with Gasteiger partial charge in [0.25, 0.3) is 16.1 Å². The monoisotopic (exact) mass is 252 g/mol. The van der Waals surface area contributed by atoms with E-state index >= 15 is 0 Å². The smallest absolute Gasteiger partial charge is 0.274 e. The van der Waals surface area contributed by atoms with Gasteiger partial charge in [-0.05, 0) is 6.42 Å². The van der Waals surface area contributed by atoms with Crippen LogP contribution >= 0.6 is 23.2 Å². The molecule has 1 aliphatic rings. The zero-order chi connectivity index (χ0) is 11.6. The van der Waals surface area contributed by atoms with E-state index in [0.29, 0.717) is 6.42 Å². The summed E-state index contributed by atoms with van der Waals surface area (Å²) < 4.78 is -2.19. The van der Waals surface area contributed by atoms with Crippen LogP contribution in [0.4, 0.5) is 4.79 Å². The minimum absolute atomic E-state index is 0.204. The van der Waals surface area contributed by atoms with E-state index in [0.717, 1.165) is 11.3 Å². The van der Waals surface area contributed by atoms with Gasteiger partial charge in [-0.1, -0.05) is 36.5 Å². The molecule has 1 saturated heterocycles. The summed E-state index contributed by atoms with van der Waals surface area (Å²) in [5, 5.41) is 1.92. The van der Waals surface area contributed by atoms with Crippen LogP contribution in [-0.4, -0.2) is 33.6 Å². The third-order valence-electron chi connectivity index (χ3n) is 2.00. The van der Waals surface area contributed by atoms with Crippen LogP contribution in [0.3, 0.4) is 0 Å². The lowest BCUT2D eigenvalue weighted by atomic mass is 10.2. The highest BCUT2D eigenvalue weighted by Crippen LogP contribution is 2.27. The Bertz CT molecular complexity index is 317. The number of amides is 4. The number of imide groups is 2. The second-order valence-corrected chi connectivity index (χ2v) is 4.47. The number of nitrogens with zero attached hydrogens (tertiary/aromatic N) is 1. The minimum atomic E-state index is -2.19. The van der Waals surface area contributed by atoms with Crippen LogP contribution in [0, 0.1) is 0 Å². The molecule has 0 atom stereocenters. The van der Waals surface area contributed by atoms with Crippen molar-refractivity contribution in [2.75, 3.05) is 6.54 Å². The van der Waals surface area contributed by atoms with Crippen LogP contribution in [0.15, 0.2) is 0 Å². The van der Waals surface area contributed by atoms with E-state index in [9.17, 15) is 14.4 Å². The number of urea groups is 1. The van der Waals surface area contributed by atoms with Crippen molar-refractivity contribution < 1.29 is 14.4 Å². The molecule has 15 heavy (non-hydrogen) atoms. The third kappa shape index (κ3) is 2.23. The minimum Gasteiger partial charge on any atom is -0.274 e. The van der Waals surface area contributed by atoms with Gasteiger partial charge in [0.05, 0.1) is 0 Å². The average molecular weight is 253 g/mol. The van der Waals surface area contributed by atoms with Gasteiger partial charge in [0.2, 0.25) is 0 Å². The zero-order valence-corrected chi connectivity index (χ0v) is 9.56. The van der Waals surface area contributed by atoms with Crippen molar-refractivity contribution in [2.45, 2.75) is 24.1 Å².